The molecule has 0 saturated heterocycles. The Morgan fingerprint density at radius 1 is 1.06 bits per heavy atom. The van der Waals surface area contributed by atoms with Gasteiger partial charge < -0.3 is 15.5 Å². The van der Waals surface area contributed by atoms with E-state index in [1.807, 2.05) is 44.2 Å². The molecule has 11 heteroatoms. The predicted octanol–water partition coefficient (Wildman–Crippen LogP) is 1.95. The lowest BCUT2D eigenvalue weighted by atomic mass is 9.77. The number of hydrogen-bond acceptors (Lipinski definition) is 8. The smallest absolute Gasteiger partial charge is 0.247 e. The van der Waals surface area contributed by atoms with E-state index in [1.165, 1.54) is 26.2 Å². The van der Waals surface area contributed by atoms with E-state index >= 15 is 0 Å². The van der Waals surface area contributed by atoms with E-state index in [0.717, 1.165) is 9.87 Å². The maximum atomic E-state index is 12.6. The van der Waals surface area contributed by atoms with Crippen LogP contribution in [0.25, 0.3) is 0 Å². The van der Waals surface area contributed by atoms with Gasteiger partial charge in [0.2, 0.25) is 21.6 Å². The van der Waals surface area contributed by atoms with Gasteiger partial charge in [0.1, 0.15) is 17.0 Å². The van der Waals surface area contributed by atoms with Gasteiger partial charge in [-0.3, -0.25) is 14.9 Å². The van der Waals surface area contributed by atoms with E-state index in [9.17, 15) is 28.2 Å². The average Bonchev–Trinajstić information content (AvgIpc) is 2.79. The van der Waals surface area contributed by atoms with Crippen molar-refractivity contribution in [3.05, 3.63) is 53.1 Å². The maximum absolute atomic E-state index is 12.6. The normalized spacial score (nSPS) is 19.7. The Morgan fingerprint density at radius 2 is 1.65 bits per heavy atom. The molecule has 1 saturated carbocycles. The summed E-state index contributed by atoms with van der Waals surface area (Å²) in [4.78, 5) is 24.4. The zero-order valence-electron chi connectivity index (χ0n) is 19.2. The van der Waals surface area contributed by atoms with Crippen molar-refractivity contribution >= 4 is 38.9 Å². The molecular weight excluding hydrogens is 482 g/mol. The second-order valence-corrected chi connectivity index (χ2v) is 11.5. The van der Waals surface area contributed by atoms with Gasteiger partial charge in [-0.05, 0) is 17.7 Å². The van der Waals surface area contributed by atoms with E-state index < -0.39 is 55.8 Å². The van der Waals surface area contributed by atoms with Gasteiger partial charge in [0.25, 0.3) is 0 Å². The second-order valence-electron chi connectivity index (χ2n) is 9.05. The molecule has 0 aliphatic heterocycles. The highest BCUT2D eigenvalue weighted by molar-refractivity contribution is 7.89. The van der Waals surface area contributed by atoms with Crippen LogP contribution in [0.3, 0.4) is 0 Å². The number of halogens is 1. The van der Waals surface area contributed by atoms with Crippen LogP contribution in [0.4, 0.5) is 5.69 Å². The zero-order valence-corrected chi connectivity index (χ0v) is 20.8. The molecule has 9 nitrogen and oxygen atoms in total. The third-order valence-electron chi connectivity index (χ3n) is 5.94. The molecule has 0 bridgehead atoms. The summed E-state index contributed by atoms with van der Waals surface area (Å²) in [5.74, 6) is -2.01. The van der Waals surface area contributed by atoms with Crippen molar-refractivity contribution in [1.82, 2.24) is 9.62 Å². The molecule has 0 spiro atoms. The number of phenolic OH excluding ortho intramolecular Hbond substituents is 1. The molecule has 0 amide bonds. The number of nitrogens with zero attached hydrogens (tertiary/aromatic N) is 1. The van der Waals surface area contributed by atoms with Crippen LogP contribution in [-0.4, -0.2) is 67.3 Å². The van der Waals surface area contributed by atoms with Crippen LogP contribution in [0.1, 0.15) is 25.5 Å². The summed E-state index contributed by atoms with van der Waals surface area (Å²) in [6.07, 6.45) is 0. The van der Waals surface area contributed by atoms with Crippen molar-refractivity contribution in [3.63, 3.8) is 0 Å². The van der Waals surface area contributed by atoms with E-state index in [-0.39, 0.29) is 17.3 Å². The SMILES string of the molecule is CN(C)S(=O)(=O)c1c(Cl)ccc(NC2C(=O)C(=O)C2NC(c2ccccc2)C(C)(C)CO)c1O. The Kier molecular flexibility index (Phi) is 7.40. The number of aromatic hydroxyl groups is 1. The van der Waals surface area contributed by atoms with Crippen LogP contribution in [0.2, 0.25) is 5.02 Å². The lowest BCUT2D eigenvalue weighted by molar-refractivity contribution is -0.146. The minimum absolute atomic E-state index is 0.0554. The van der Waals surface area contributed by atoms with Gasteiger partial charge in [-0.25, -0.2) is 12.7 Å². The zero-order chi connectivity index (χ0) is 25.4. The van der Waals surface area contributed by atoms with Gasteiger partial charge in [-0.1, -0.05) is 55.8 Å². The van der Waals surface area contributed by atoms with Crippen LogP contribution in [0.5, 0.6) is 5.75 Å². The molecule has 1 aliphatic carbocycles. The van der Waals surface area contributed by atoms with E-state index in [0.29, 0.717) is 0 Å². The van der Waals surface area contributed by atoms with Crippen LogP contribution < -0.4 is 10.6 Å². The van der Waals surface area contributed by atoms with Crippen molar-refractivity contribution in [2.45, 2.75) is 36.9 Å². The Bertz CT molecular complexity index is 1200. The molecule has 3 atom stereocenters. The maximum Gasteiger partial charge on any atom is 0.247 e. The molecule has 0 heterocycles. The fraction of sp³-hybridized carbons (Fsp3) is 0.391. The molecule has 1 aliphatic rings. The summed E-state index contributed by atoms with van der Waals surface area (Å²) >= 11 is 6.05. The van der Waals surface area contributed by atoms with E-state index in [2.05, 4.69) is 10.6 Å². The minimum Gasteiger partial charge on any atom is -0.504 e. The fourth-order valence-electron chi connectivity index (χ4n) is 3.78. The van der Waals surface area contributed by atoms with Crippen molar-refractivity contribution in [3.8, 4) is 5.75 Å². The third-order valence-corrected chi connectivity index (χ3v) is 8.26. The lowest BCUT2D eigenvalue weighted by Crippen LogP contribution is -2.68. The van der Waals surface area contributed by atoms with Crippen LogP contribution in [-0.2, 0) is 19.6 Å². The molecule has 0 radical (unpaired) electrons. The minimum atomic E-state index is -4.08. The number of ketones is 2. The first-order valence-corrected chi connectivity index (χ1v) is 12.3. The first kappa shape index (κ1) is 26.1. The molecule has 3 rings (SSSR count). The summed E-state index contributed by atoms with van der Waals surface area (Å²) in [5.41, 5.74) is 0.0847. The number of sulfonamides is 1. The molecule has 34 heavy (non-hydrogen) atoms. The quantitative estimate of drug-likeness (QED) is 0.297. The predicted molar refractivity (Wildman–Crippen MR) is 128 cm³/mol. The third kappa shape index (κ3) is 4.69. The van der Waals surface area contributed by atoms with Crippen molar-refractivity contribution < 1.29 is 28.2 Å². The molecule has 1 fully saturated rings. The average molecular weight is 510 g/mol. The van der Waals surface area contributed by atoms with E-state index in [4.69, 9.17) is 11.6 Å². The number of carbonyl (C=O) groups excluding carboxylic acids is 2. The summed E-state index contributed by atoms with van der Waals surface area (Å²) in [5, 5.41) is 26.4. The summed E-state index contributed by atoms with van der Waals surface area (Å²) in [6.45, 7) is 3.47. The molecule has 0 aromatic heterocycles. The first-order chi connectivity index (χ1) is 15.8. The number of phenols is 1. The highest BCUT2D eigenvalue weighted by Gasteiger charge is 2.51. The number of aliphatic hydroxyl groups excluding tert-OH is 1. The number of rotatable bonds is 9. The topological polar surface area (TPSA) is 136 Å². The number of nitrogens with one attached hydrogen (secondary N) is 2. The van der Waals surface area contributed by atoms with Gasteiger partial charge in [0, 0.05) is 32.2 Å². The van der Waals surface area contributed by atoms with Gasteiger partial charge in [-0.15, -0.1) is 0 Å². The standard InChI is InChI=1S/C23H28ClN3O6S/c1-23(2,12-28)22(13-8-6-5-7-9-13)26-17-16(19(30)20(17)31)25-15-11-10-14(24)21(18(15)29)34(32,33)27(3)4/h5-11,16-17,22,25-26,28-29H,12H2,1-4H3. The monoisotopic (exact) mass is 509 g/mol. The summed E-state index contributed by atoms with van der Waals surface area (Å²) < 4.78 is 26.1. The Morgan fingerprint density at radius 3 is 2.21 bits per heavy atom. The summed E-state index contributed by atoms with van der Waals surface area (Å²) in [7, 11) is -1.49. The van der Waals surface area contributed by atoms with Gasteiger partial charge in [0.15, 0.2) is 5.75 Å². The fourth-order valence-corrected chi connectivity index (χ4v) is 5.26. The van der Waals surface area contributed by atoms with Gasteiger partial charge >= 0.3 is 0 Å². The largest absolute Gasteiger partial charge is 0.504 e. The Labute approximate surface area is 203 Å². The molecule has 3 unspecified atom stereocenters. The van der Waals surface area contributed by atoms with Gasteiger partial charge in [0.05, 0.1) is 10.7 Å². The van der Waals surface area contributed by atoms with Crippen LogP contribution in [0, 0.1) is 5.41 Å². The number of carbonyl (C=O) groups is 2. The molecule has 2 aromatic carbocycles. The van der Waals surface area contributed by atoms with Crippen molar-refractivity contribution in [2.75, 3.05) is 26.0 Å². The Hall–Kier alpha value is -2.50. The first-order valence-electron chi connectivity index (χ1n) is 10.5. The highest BCUT2D eigenvalue weighted by Crippen LogP contribution is 2.40. The van der Waals surface area contributed by atoms with E-state index in [1.54, 1.807) is 0 Å². The molecule has 2 aromatic rings. The number of Topliss-reactive ketones (excluding diaryl/α,β-unsaturated/α-hetero) is 2. The molecular formula is C23H28ClN3O6S. The van der Waals surface area contributed by atoms with Crippen LogP contribution in [0.15, 0.2) is 47.4 Å². The van der Waals surface area contributed by atoms with Crippen molar-refractivity contribution in [2.24, 2.45) is 5.41 Å². The molecule has 184 valence electrons. The number of benzene rings is 2. The summed E-state index contributed by atoms with van der Waals surface area (Å²) in [6, 6.07) is 9.34. The number of hydrogen-bond donors (Lipinski definition) is 4. The molecule has 4 N–H and O–H groups in total. The highest BCUT2D eigenvalue weighted by atomic mass is 35.5. The number of anilines is 1. The lowest BCUT2D eigenvalue weighted by Gasteiger charge is -2.42. The van der Waals surface area contributed by atoms with Crippen molar-refractivity contribution in [1.29, 1.82) is 0 Å². The van der Waals surface area contributed by atoms with Crippen LogP contribution >= 0.6 is 11.6 Å². The Balaban J connectivity index is 1.94. The van der Waals surface area contributed by atoms with Gasteiger partial charge in [-0.2, -0.15) is 0 Å². The number of aliphatic hydroxyl groups is 1. The second kappa shape index (κ2) is 9.63.